The summed E-state index contributed by atoms with van der Waals surface area (Å²) in [6.45, 7) is 3.50. The fourth-order valence-corrected chi connectivity index (χ4v) is 6.15. The van der Waals surface area contributed by atoms with Gasteiger partial charge in [-0.3, -0.25) is 8.37 Å². The van der Waals surface area contributed by atoms with Crippen molar-refractivity contribution in [3.05, 3.63) is 125 Å². The van der Waals surface area contributed by atoms with Crippen LogP contribution in [0.5, 0.6) is 5.75 Å². The molecule has 0 aromatic heterocycles. The predicted molar refractivity (Wildman–Crippen MR) is 158 cm³/mol. The lowest BCUT2D eigenvalue weighted by molar-refractivity contribution is 0.261. The molecule has 0 unspecified atom stereocenters. The van der Waals surface area contributed by atoms with Crippen molar-refractivity contribution in [3.63, 3.8) is 0 Å². The van der Waals surface area contributed by atoms with Crippen LogP contribution in [0.15, 0.2) is 107 Å². The van der Waals surface area contributed by atoms with Gasteiger partial charge >= 0.3 is 0 Å². The number of hydrogen-bond acceptors (Lipinski definition) is 7. The monoisotopic (exact) mass is 612 g/mol. The normalized spacial score (nSPS) is 12.0. The maximum Gasteiger partial charge on any atom is 0.296 e. The van der Waals surface area contributed by atoms with Crippen molar-refractivity contribution in [3.8, 4) is 5.75 Å². The fourth-order valence-electron chi connectivity index (χ4n) is 4.31. The molecule has 0 spiro atoms. The summed E-state index contributed by atoms with van der Waals surface area (Å²) < 4.78 is 82.0. The minimum Gasteiger partial charge on any atom is -0.489 e. The van der Waals surface area contributed by atoms with Gasteiger partial charge in [-0.25, -0.2) is 4.39 Å². The van der Waals surface area contributed by atoms with Crippen molar-refractivity contribution < 1.29 is 34.3 Å². The Kier molecular flexibility index (Phi) is 10.5. The van der Waals surface area contributed by atoms with Crippen LogP contribution in [-0.2, 0) is 35.2 Å². The molecule has 0 saturated carbocycles. The maximum absolute atomic E-state index is 14.3. The highest BCUT2D eigenvalue weighted by Crippen LogP contribution is 2.34. The second kappa shape index (κ2) is 14.1. The Bertz CT molecular complexity index is 1590. The van der Waals surface area contributed by atoms with Gasteiger partial charge < -0.3 is 4.74 Å². The van der Waals surface area contributed by atoms with E-state index in [9.17, 15) is 21.2 Å². The Morgan fingerprint density at radius 2 is 1.17 bits per heavy atom. The molecule has 0 aliphatic heterocycles. The highest BCUT2D eigenvalue weighted by atomic mass is 32.2. The van der Waals surface area contributed by atoms with Crippen molar-refractivity contribution in [2.24, 2.45) is 0 Å². The first-order valence-corrected chi connectivity index (χ1v) is 16.2. The molecule has 10 heteroatoms. The Hall–Kier alpha value is -3.57. The standard InChI is InChI=1S/C32H33FO7S2/c1-24-8-13-29(14-9-24)41(34,35)39-20-18-27(19-21-40-42(36,37)30-15-10-25(2)11-16-30)31-17-12-28(33)22-32(31)38-23-26-6-4-3-5-7-26/h3-17,22,27H,18-21,23H2,1-2H3. The number of aryl methyl sites for hydroxylation is 2. The molecule has 0 aliphatic rings. The van der Waals surface area contributed by atoms with Gasteiger partial charge in [0.1, 0.15) is 18.2 Å². The first kappa shape index (κ1) is 31.4. The van der Waals surface area contributed by atoms with E-state index in [2.05, 4.69) is 0 Å². The molecular formula is C32H33FO7S2. The molecule has 0 radical (unpaired) electrons. The molecule has 0 fully saturated rings. The summed E-state index contributed by atoms with van der Waals surface area (Å²) >= 11 is 0. The van der Waals surface area contributed by atoms with E-state index in [4.69, 9.17) is 13.1 Å². The predicted octanol–water partition coefficient (Wildman–Crippen LogP) is 6.70. The van der Waals surface area contributed by atoms with Crippen LogP contribution >= 0.6 is 0 Å². The second-order valence-electron chi connectivity index (χ2n) is 9.91. The molecule has 0 atom stereocenters. The molecule has 0 bridgehead atoms. The fraction of sp³-hybridized carbons (Fsp3) is 0.250. The second-order valence-corrected chi connectivity index (χ2v) is 13.1. The Morgan fingerprint density at radius 1 is 0.667 bits per heavy atom. The van der Waals surface area contributed by atoms with Gasteiger partial charge in [0.15, 0.2) is 0 Å². The van der Waals surface area contributed by atoms with Gasteiger partial charge in [0.2, 0.25) is 0 Å². The van der Waals surface area contributed by atoms with E-state index in [0.29, 0.717) is 5.56 Å². The van der Waals surface area contributed by atoms with E-state index in [0.717, 1.165) is 16.7 Å². The first-order valence-electron chi connectivity index (χ1n) is 13.4. The largest absolute Gasteiger partial charge is 0.489 e. The Morgan fingerprint density at radius 3 is 1.67 bits per heavy atom. The highest BCUT2D eigenvalue weighted by molar-refractivity contribution is 7.87. The van der Waals surface area contributed by atoms with Gasteiger partial charge in [0, 0.05) is 6.07 Å². The van der Waals surface area contributed by atoms with Crippen molar-refractivity contribution in [2.45, 2.75) is 49.0 Å². The van der Waals surface area contributed by atoms with Crippen LogP contribution in [0.4, 0.5) is 4.39 Å². The van der Waals surface area contributed by atoms with Crippen molar-refractivity contribution >= 4 is 20.2 Å². The van der Waals surface area contributed by atoms with Crippen molar-refractivity contribution in [1.82, 2.24) is 0 Å². The molecule has 7 nitrogen and oxygen atoms in total. The average molecular weight is 613 g/mol. The van der Waals surface area contributed by atoms with Gasteiger partial charge in [-0.1, -0.05) is 71.8 Å². The summed E-state index contributed by atoms with van der Waals surface area (Å²) in [5.74, 6) is -0.707. The van der Waals surface area contributed by atoms with Crippen LogP contribution in [0, 0.1) is 19.7 Å². The smallest absolute Gasteiger partial charge is 0.296 e. The van der Waals surface area contributed by atoms with E-state index < -0.39 is 32.0 Å². The zero-order valence-corrected chi connectivity index (χ0v) is 25.0. The first-order chi connectivity index (χ1) is 20.0. The van der Waals surface area contributed by atoms with Gasteiger partial charge in [0.05, 0.1) is 23.0 Å². The quantitative estimate of drug-likeness (QED) is 0.146. The lowest BCUT2D eigenvalue weighted by atomic mass is 9.92. The van der Waals surface area contributed by atoms with Crippen LogP contribution < -0.4 is 4.74 Å². The van der Waals surface area contributed by atoms with Gasteiger partial charge in [-0.05, 0) is 74.1 Å². The third-order valence-electron chi connectivity index (χ3n) is 6.68. The summed E-state index contributed by atoms with van der Waals surface area (Å²) in [5, 5.41) is 0. The third-order valence-corrected chi connectivity index (χ3v) is 9.33. The summed E-state index contributed by atoms with van der Waals surface area (Å²) in [5.41, 5.74) is 3.28. The van der Waals surface area contributed by atoms with E-state index >= 15 is 0 Å². The summed E-state index contributed by atoms with van der Waals surface area (Å²) in [6, 6.07) is 26.1. The molecule has 4 aromatic rings. The van der Waals surface area contributed by atoms with E-state index in [1.54, 1.807) is 30.3 Å². The Labute approximate surface area is 247 Å². The molecule has 42 heavy (non-hydrogen) atoms. The lowest BCUT2D eigenvalue weighted by Crippen LogP contribution is -2.14. The third kappa shape index (κ3) is 8.72. The van der Waals surface area contributed by atoms with Crippen LogP contribution in [-0.4, -0.2) is 30.0 Å². The minimum atomic E-state index is -4.02. The van der Waals surface area contributed by atoms with Crippen LogP contribution in [0.1, 0.15) is 41.0 Å². The van der Waals surface area contributed by atoms with Crippen molar-refractivity contribution in [2.75, 3.05) is 13.2 Å². The zero-order valence-electron chi connectivity index (χ0n) is 23.4. The molecule has 0 amide bonds. The van der Waals surface area contributed by atoms with Crippen LogP contribution in [0.3, 0.4) is 0 Å². The number of halogens is 1. The topological polar surface area (TPSA) is 96.0 Å². The molecule has 0 heterocycles. The number of rotatable bonds is 14. The number of ether oxygens (including phenoxy) is 1. The average Bonchev–Trinajstić information content (AvgIpc) is 2.96. The molecule has 0 saturated heterocycles. The van der Waals surface area contributed by atoms with Crippen molar-refractivity contribution in [1.29, 1.82) is 0 Å². The molecule has 0 N–H and O–H groups in total. The van der Waals surface area contributed by atoms with Gasteiger partial charge in [0.25, 0.3) is 20.2 Å². The number of benzene rings is 4. The van der Waals surface area contributed by atoms with Crippen LogP contribution in [0.25, 0.3) is 0 Å². The van der Waals surface area contributed by atoms with Gasteiger partial charge in [-0.15, -0.1) is 0 Å². The van der Waals surface area contributed by atoms with E-state index in [1.807, 2.05) is 44.2 Å². The molecule has 4 aromatic carbocycles. The summed E-state index contributed by atoms with van der Waals surface area (Å²) in [6.07, 6.45) is 0.346. The highest BCUT2D eigenvalue weighted by Gasteiger charge is 2.23. The lowest BCUT2D eigenvalue weighted by Gasteiger charge is -2.21. The molecule has 4 rings (SSSR count). The molecule has 222 valence electrons. The number of hydrogen-bond donors (Lipinski definition) is 0. The molecule has 0 aliphatic carbocycles. The SMILES string of the molecule is Cc1ccc(S(=O)(=O)OCCC(CCOS(=O)(=O)c2ccc(C)cc2)c2ccc(F)cc2OCc2ccccc2)cc1. The van der Waals surface area contributed by atoms with E-state index in [1.165, 1.54) is 36.4 Å². The van der Waals surface area contributed by atoms with Crippen LogP contribution in [0.2, 0.25) is 0 Å². The summed E-state index contributed by atoms with van der Waals surface area (Å²) in [4.78, 5) is 0.0664. The Balaban J connectivity index is 1.52. The zero-order chi connectivity index (χ0) is 30.2. The summed E-state index contributed by atoms with van der Waals surface area (Å²) in [7, 11) is -8.04. The minimum absolute atomic E-state index is 0.0332. The molecular weight excluding hydrogens is 579 g/mol. The maximum atomic E-state index is 14.3. The van der Waals surface area contributed by atoms with E-state index in [-0.39, 0.29) is 48.2 Å². The van der Waals surface area contributed by atoms with Gasteiger partial charge in [-0.2, -0.15) is 16.8 Å².